The zero-order valence-electron chi connectivity index (χ0n) is 18.2. The number of carbonyl (C=O) groups is 2. The number of amides is 1. The number of carboxylic acids is 1. The minimum Gasteiger partial charge on any atom is -0.477 e. The molecule has 5 nitrogen and oxygen atoms in total. The zero-order chi connectivity index (χ0) is 22.9. The summed E-state index contributed by atoms with van der Waals surface area (Å²) in [7, 11) is 0. The summed E-state index contributed by atoms with van der Waals surface area (Å²) in [5, 5.41) is 19.5. The molecule has 168 valence electrons. The molecular weight excluding hydrogens is 422 g/mol. The summed E-state index contributed by atoms with van der Waals surface area (Å²) in [5.41, 5.74) is 0.964. The number of likely N-dealkylation sites (tertiary alicyclic amines) is 1. The first-order chi connectivity index (χ1) is 15.4. The van der Waals surface area contributed by atoms with Crippen LogP contribution < -0.4 is 0 Å². The van der Waals surface area contributed by atoms with E-state index in [1.807, 2.05) is 54.3 Å². The van der Waals surface area contributed by atoms with Crippen LogP contribution in [0.5, 0.6) is 0 Å². The van der Waals surface area contributed by atoms with E-state index >= 15 is 0 Å². The van der Waals surface area contributed by atoms with E-state index < -0.39 is 12.1 Å². The lowest BCUT2D eigenvalue weighted by atomic mass is 9.99. The van der Waals surface area contributed by atoms with Crippen LogP contribution in [0.2, 0.25) is 0 Å². The van der Waals surface area contributed by atoms with Crippen LogP contribution in [0.15, 0.2) is 54.6 Å². The number of aromatic carboxylic acids is 1. The van der Waals surface area contributed by atoms with Gasteiger partial charge in [-0.25, -0.2) is 4.79 Å². The molecule has 1 amide bonds. The van der Waals surface area contributed by atoms with Gasteiger partial charge in [-0.3, -0.25) is 4.79 Å². The van der Waals surface area contributed by atoms with Gasteiger partial charge >= 0.3 is 5.97 Å². The smallest absolute Gasteiger partial charge is 0.345 e. The maximum atomic E-state index is 12.3. The first-order valence-corrected chi connectivity index (χ1v) is 11.8. The Kier molecular flexibility index (Phi) is 8.66. The number of aliphatic hydroxyl groups is 1. The SMILES string of the molecule is CC(CC#Cc1ccccc1)C(O)/C=C/C1CCC(=O)N1CCCc1ccc(C(=O)O)s1. The van der Waals surface area contributed by atoms with Crippen LogP contribution in [-0.2, 0) is 11.2 Å². The van der Waals surface area contributed by atoms with Crippen molar-refractivity contribution in [2.45, 2.75) is 51.2 Å². The molecule has 2 heterocycles. The lowest BCUT2D eigenvalue weighted by Gasteiger charge is -2.23. The van der Waals surface area contributed by atoms with Gasteiger partial charge < -0.3 is 15.1 Å². The fourth-order valence-corrected chi connectivity index (χ4v) is 4.57. The third-order valence-corrected chi connectivity index (χ3v) is 6.75. The van der Waals surface area contributed by atoms with Crippen molar-refractivity contribution in [3.63, 3.8) is 0 Å². The number of thiophene rings is 1. The summed E-state index contributed by atoms with van der Waals surface area (Å²) in [6.07, 6.45) is 6.53. The first kappa shape index (κ1) is 23.8. The molecule has 0 radical (unpaired) electrons. The van der Waals surface area contributed by atoms with Gasteiger partial charge in [-0.1, -0.05) is 49.1 Å². The quantitative estimate of drug-likeness (QED) is 0.439. The molecular formula is C26H29NO4S. The Bertz CT molecular complexity index is 1000. The third-order valence-electron chi connectivity index (χ3n) is 5.61. The Morgan fingerprint density at radius 2 is 2.06 bits per heavy atom. The van der Waals surface area contributed by atoms with Crippen LogP contribution in [0.25, 0.3) is 0 Å². The van der Waals surface area contributed by atoms with E-state index in [2.05, 4.69) is 11.8 Å². The first-order valence-electron chi connectivity index (χ1n) is 11.0. The number of rotatable bonds is 9. The maximum Gasteiger partial charge on any atom is 0.345 e. The summed E-state index contributed by atoms with van der Waals surface area (Å²) >= 11 is 1.29. The molecule has 0 spiro atoms. The van der Waals surface area contributed by atoms with Crippen molar-refractivity contribution in [2.75, 3.05) is 6.54 Å². The monoisotopic (exact) mass is 451 g/mol. The van der Waals surface area contributed by atoms with E-state index in [0.717, 1.165) is 29.7 Å². The molecule has 3 rings (SSSR count). The molecule has 1 aromatic carbocycles. The Morgan fingerprint density at radius 3 is 2.78 bits per heavy atom. The van der Waals surface area contributed by atoms with Crippen molar-refractivity contribution < 1.29 is 19.8 Å². The fourth-order valence-electron chi connectivity index (χ4n) is 3.69. The molecule has 3 unspecified atom stereocenters. The van der Waals surface area contributed by atoms with Crippen LogP contribution in [0, 0.1) is 17.8 Å². The summed E-state index contributed by atoms with van der Waals surface area (Å²) in [4.78, 5) is 26.5. The molecule has 0 aliphatic carbocycles. The van der Waals surface area contributed by atoms with Crippen molar-refractivity contribution in [1.29, 1.82) is 0 Å². The van der Waals surface area contributed by atoms with Gasteiger partial charge in [0.2, 0.25) is 5.91 Å². The third kappa shape index (κ3) is 6.81. The zero-order valence-corrected chi connectivity index (χ0v) is 19.1. The highest BCUT2D eigenvalue weighted by atomic mass is 32.1. The number of hydrogen-bond donors (Lipinski definition) is 2. The fraction of sp³-hybridized carbons (Fsp3) is 0.385. The molecule has 1 saturated heterocycles. The van der Waals surface area contributed by atoms with Crippen LogP contribution in [0.3, 0.4) is 0 Å². The number of aryl methyl sites for hydroxylation is 1. The van der Waals surface area contributed by atoms with Crippen molar-refractivity contribution in [3.05, 3.63) is 69.9 Å². The average molecular weight is 452 g/mol. The summed E-state index contributed by atoms with van der Waals surface area (Å²) in [6.45, 7) is 2.60. The lowest BCUT2D eigenvalue weighted by molar-refractivity contribution is -0.128. The highest BCUT2D eigenvalue weighted by molar-refractivity contribution is 7.13. The molecule has 0 saturated carbocycles. The largest absolute Gasteiger partial charge is 0.477 e. The Hall–Kier alpha value is -2.88. The highest BCUT2D eigenvalue weighted by Crippen LogP contribution is 2.23. The Morgan fingerprint density at radius 1 is 1.28 bits per heavy atom. The molecule has 1 aliphatic rings. The molecule has 1 aliphatic heterocycles. The van der Waals surface area contributed by atoms with Gasteiger partial charge in [0.15, 0.2) is 0 Å². The maximum absolute atomic E-state index is 12.3. The summed E-state index contributed by atoms with van der Waals surface area (Å²) in [5.74, 6) is 5.47. The van der Waals surface area contributed by atoms with Crippen LogP contribution in [0.4, 0.5) is 0 Å². The molecule has 32 heavy (non-hydrogen) atoms. The topological polar surface area (TPSA) is 77.8 Å². The molecule has 0 bridgehead atoms. The van der Waals surface area contributed by atoms with Crippen LogP contribution in [-0.4, -0.2) is 45.7 Å². The number of nitrogens with zero attached hydrogens (tertiary/aromatic N) is 1. The van der Waals surface area contributed by atoms with Crippen molar-refractivity contribution in [1.82, 2.24) is 4.90 Å². The highest BCUT2D eigenvalue weighted by Gasteiger charge is 2.28. The predicted octanol–water partition coefficient (Wildman–Crippen LogP) is 4.36. The second kappa shape index (κ2) is 11.7. The normalized spacial score (nSPS) is 17.9. The van der Waals surface area contributed by atoms with Crippen molar-refractivity contribution >= 4 is 23.2 Å². The van der Waals surface area contributed by atoms with E-state index in [0.29, 0.717) is 24.3 Å². The van der Waals surface area contributed by atoms with Gasteiger partial charge in [-0.15, -0.1) is 11.3 Å². The van der Waals surface area contributed by atoms with Gasteiger partial charge in [0.1, 0.15) is 4.88 Å². The van der Waals surface area contributed by atoms with Crippen LogP contribution in [0.1, 0.15) is 52.7 Å². The lowest BCUT2D eigenvalue weighted by Crippen LogP contribution is -2.33. The van der Waals surface area contributed by atoms with Gasteiger partial charge in [0.25, 0.3) is 0 Å². The Labute approximate surface area is 193 Å². The van der Waals surface area contributed by atoms with E-state index in [1.54, 1.807) is 12.1 Å². The number of carboxylic acid groups (broad SMARTS) is 1. The van der Waals surface area contributed by atoms with Gasteiger partial charge in [-0.2, -0.15) is 0 Å². The van der Waals surface area contributed by atoms with Gasteiger partial charge in [-0.05, 0) is 49.4 Å². The summed E-state index contributed by atoms with van der Waals surface area (Å²) < 4.78 is 0. The molecule has 2 aromatic rings. The predicted molar refractivity (Wildman–Crippen MR) is 127 cm³/mol. The standard InChI is InChI=1S/C26H29NO4S/c1-19(7-5-10-20-8-3-2-4-9-20)23(28)15-12-21-13-17-25(29)27(21)18-6-11-22-14-16-24(32-22)26(30)31/h2-4,8-9,12,14-16,19,21,23,28H,6-7,11,13,17-18H2,1H3,(H,30,31)/b15-12+. The van der Waals surface area contributed by atoms with Crippen LogP contribution >= 0.6 is 11.3 Å². The van der Waals surface area contributed by atoms with Crippen molar-refractivity contribution in [2.24, 2.45) is 5.92 Å². The average Bonchev–Trinajstić information content (AvgIpc) is 3.40. The van der Waals surface area contributed by atoms with Gasteiger partial charge in [0.05, 0.1) is 12.1 Å². The number of aliphatic hydroxyl groups excluding tert-OH is 1. The minimum absolute atomic E-state index is 0.00216. The second-order valence-corrected chi connectivity index (χ2v) is 9.26. The second-order valence-electron chi connectivity index (χ2n) is 8.09. The molecule has 1 aromatic heterocycles. The Balaban J connectivity index is 1.48. The van der Waals surface area contributed by atoms with E-state index in [4.69, 9.17) is 5.11 Å². The number of carbonyl (C=O) groups excluding carboxylic acids is 1. The molecule has 6 heteroatoms. The molecule has 2 N–H and O–H groups in total. The van der Waals surface area contributed by atoms with E-state index in [1.165, 1.54) is 11.3 Å². The van der Waals surface area contributed by atoms with Gasteiger partial charge in [0, 0.05) is 29.8 Å². The van der Waals surface area contributed by atoms with E-state index in [-0.39, 0.29) is 17.9 Å². The van der Waals surface area contributed by atoms with E-state index in [9.17, 15) is 14.7 Å². The molecule has 3 atom stereocenters. The minimum atomic E-state index is -0.903. The van der Waals surface area contributed by atoms with Crippen molar-refractivity contribution in [3.8, 4) is 11.8 Å². The summed E-state index contributed by atoms with van der Waals surface area (Å²) in [6, 6.07) is 13.2. The number of benzene rings is 1. The number of hydrogen-bond acceptors (Lipinski definition) is 4. The molecule has 1 fully saturated rings.